The highest BCUT2D eigenvalue weighted by atomic mass is 16.6. The van der Waals surface area contributed by atoms with Crippen molar-refractivity contribution in [2.45, 2.75) is 13.0 Å². The molecule has 1 aliphatic heterocycles. The van der Waals surface area contributed by atoms with Crippen LogP contribution in [0.15, 0.2) is 17.5 Å². The summed E-state index contributed by atoms with van der Waals surface area (Å²) < 4.78 is 9.69. The summed E-state index contributed by atoms with van der Waals surface area (Å²) >= 11 is 0. The maximum absolute atomic E-state index is 10.5. The van der Waals surface area contributed by atoms with Gasteiger partial charge in [0.25, 0.3) is 5.90 Å². The first kappa shape index (κ1) is 8.58. The van der Waals surface area contributed by atoms with E-state index in [-0.39, 0.29) is 11.9 Å². The van der Waals surface area contributed by atoms with E-state index in [1.54, 1.807) is 6.08 Å². The molecule has 0 saturated heterocycles. The number of esters is 1. The molecule has 0 radical (unpaired) electrons. The maximum atomic E-state index is 10.5. The van der Waals surface area contributed by atoms with Crippen molar-refractivity contribution >= 4 is 11.9 Å². The molecule has 12 heavy (non-hydrogen) atoms. The Bertz CT molecular complexity index is 234. The predicted molar refractivity (Wildman–Crippen MR) is 40.2 cm³/mol. The van der Waals surface area contributed by atoms with Gasteiger partial charge in [-0.2, -0.15) is 0 Å². The van der Waals surface area contributed by atoms with Crippen LogP contribution in [0.2, 0.25) is 0 Å². The fourth-order valence-electron chi connectivity index (χ4n) is 0.762. The molecule has 5 nitrogen and oxygen atoms in total. The van der Waals surface area contributed by atoms with Crippen molar-refractivity contribution in [1.82, 2.24) is 0 Å². The zero-order valence-corrected chi connectivity index (χ0v) is 6.81. The van der Waals surface area contributed by atoms with Gasteiger partial charge in [-0.25, -0.2) is 0 Å². The molecule has 0 aromatic heterocycles. The lowest BCUT2D eigenvalue weighted by atomic mass is 10.4. The van der Waals surface area contributed by atoms with Crippen molar-refractivity contribution in [3.05, 3.63) is 12.3 Å². The Kier molecular flexibility index (Phi) is 2.68. The lowest BCUT2D eigenvalue weighted by Crippen LogP contribution is -2.21. The Balaban J connectivity index is 2.57. The van der Waals surface area contributed by atoms with Crippen LogP contribution >= 0.6 is 0 Å². The number of ether oxygens (including phenoxy) is 2. The summed E-state index contributed by atoms with van der Waals surface area (Å²) in [6, 6.07) is 0. The molecule has 0 N–H and O–H groups in total. The number of oxime groups is 1. The van der Waals surface area contributed by atoms with Crippen molar-refractivity contribution in [1.29, 1.82) is 0 Å². The third kappa shape index (κ3) is 1.98. The van der Waals surface area contributed by atoms with E-state index in [9.17, 15) is 4.79 Å². The van der Waals surface area contributed by atoms with Gasteiger partial charge in [0.15, 0.2) is 0 Å². The van der Waals surface area contributed by atoms with E-state index >= 15 is 0 Å². The fraction of sp³-hybridized carbons (Fsp3) is 0.429. The van der Waals surface area contributed by atoms with Gasteiger partial charge in [0.2, 0.25) is 6.10 Å². The number of carbonyl (C=O) groups is 1. The molecule has 1 heterocycles. The Morgan fingerprint density at radius 2 is 2.50 bits per heavy atom. The number of rotatable bonds is 2. The van der Waals surface area contributed by atoms with Crippen LogP contribution in [0.25, 0.3) is 0 Å². The highest BCUT2D eigenvalue weighted by Gasteiger charge is 2.23. The molecule has 0 bridgehead atoms. The van der Waals surface area contributed by atoms with Crippen LogP contribution in [0, 0.1) is 0 Å². The van der Waals surface area contributed by atoms with Crippen molar-refractivity contribution < 1.29 is 19.1 Å². The normalized spacial score (nSPS) is 23.8. The van der Waals surface area contributed by atoms with Gasteiger partial charge in [-0.15, -0.1) is 0 Å². The monoisotopic (exact) mass is 171 g/mol. The van der Waals surface area contributed by atoms with Crippen LogP contribution in [-0.4, -0.2) is 25.1 Å². The van der Waals surface area contributed by atoms with Gasteiger partial charge in [-0.05, 0) is 5.16 Å². The molecule has 0 aromatic rings. The lowest BCUT2D eigenvalue weighted by molar-refractivity contribution is -0.141. The summed E-state index contributed by atoms with van der Waals surface area (Å²) in [7, 11) is 1.39. The van der Waals surface area contributed by atoms with Crippen LogP contribution in [0.1, 0.15) is 6.92 Å². The third-order valence-corrected chi connectivity index (χ3v) is 1.16. The summed E-state index contributed by atoms with van der Waals surface area (Å²) in [6.07, 6.45) is 2.41. The number of carbonyl (C=O) groups excluding carboxylic acids is 1. The molecule has 5 heteroatoms. The lowest BCUT2D eigenvalue weighted by Gasteiger charge is -2.06. The molecule has 0 saturated carbocycles. The molecule has 0 aromatic carbocycles. The second-order valence-corrected chi connectivity index (χ2v) is 2.09. The van der Waals surface area contributed by atoms with Crippen molar-refractivity contribution in [2.75, 3.05) is 7.11 Å². The smallest absolute Gasteiger partial charge is 0.303 e. The molecule has 1 atom stereocenters. The standard InChI is InChI=1S/C7H9NO4/c1-5(9)12-6-3-4-11-7(6)8-10-2/h3-4,6H,1-2H3. The third-order valence-electron chi connectivity index (χ3n) is 1.16. The number of nitrogens with zero attached hydrogens (tertiary/aromatic N) is 1. The van der Waals surface area contributed by atoms with Gasteiger partial charge < -0.3 is 14.3 Å². The highest BCUT2D eigenvalue weighted by molar-refractivity contribution is 5.87. The van der Waals surface area contributed by atoms with E-state index in [2.05, 4.69) is 9.99 Å². The van der Waals surface area contributed by atoms with Gasteiger partial charge in [-0.3, -0.25) is 4.79 Å². The topological polar surface area (TPSA) is 57.1 Å². The van der Waals surface area contributed by atoms with Crippen LogP contribution < -0.4 is 0 Å². The zero-order valence-electron chi connectivity index (χ0n) is 6.81. The molecule has 0 aliphatic carbocycles. The quantitative estimate of drug-likeness (QED) is 0.446. The molecule has 66 valence electrons. The van der Waals surface area contributed by atoms with Crippen molar-refractivity contribution in [3.8, 4) is 0 Å². The second-order valence-electron chi connectivity index (χ2n) is 2.09. The Morgan fingerprint density at radius 1 is 1.75 bits per heavy atom. The van der Waals surface area contributed by atoms with Crippen molar-refractivity contribution in [2.24, 2.45) is 5.16 Å². The van der Waals surface area contributed by atoms with E-state index in [0.29, 0.717) is 0 Å². The molecule has 1 rings (SSSR count). The van der Waals surface area contributed by atoms with E-state index < -0.39 is 6.10 Å². The van der Waals surface area contributed by atoms with E-state index in [4.69, 9.17) is 9.47 Å². The highest BCUT2D eigenvalue weighted by Crippen LogP contribution is 2.08. The van der Waals surface area contributed by atoms with E-state index in [0.717, 1.165) is 0 Å². The van der Waals surface area contributed by atoms with Crippen LogP contribution in [0.4, 0.5) is 0 Å². The first-order chi connectivity index (χ1) is 5.74. The molecule has 0 fully saturated rings. The number of hydrogen-bond donors (Lipinski definition) is 0. The fourth-order valence-corrected chi connectivity index (χ4v) is 0.762. The predicted octanol–water partition coefficient (Wildman–Crippen LogP) is 0.422. The summed E-state index contributed by atoms with van der Waals surface area (Å²) in [5.41, 5.74) is 0. The number of hydrogen-bond acceptors (Lipinski definition) is 5. The zero-order chi connectivity index (χ0) is 8.97. The largest absolute Gasteiger partial charge is 0.448 e. The van der Waals surface area contributed by atoms with Gasteiger partial charge >= 0.3 is 5.97 Å². The Hall–Kier alpha value is -1.52. The molecule has 1 aliphatic rings. The minimum absolute atomic E-state index is 0.229. The van der Waals surface area contributed by atoms with E-state index in [1.165, 1.54) is 20.3 Å². The summed E-state index contributed by atoms with van der Waals surface area (Å²) in [5.74, 6) is -0.161. The van der Waals surface area contributed by atoms with Crippen LogP contribution in [0.5, 0.6) is 0 Å². The minimum Gasteiger partial charge on any atom is -0.448 e. The molecule has 0 spiro atoms. The van der Waals surface area contributed by atoms with Crippen LogP contribution in [0.3, 0.4) is 0 Å². The summed E-state index contributed by atoms with van der Waals surface area (Å²) in [5, 5.41) is 3.51. The first-order valence-corrected chi connectivity index (χ1v) is 3.35. The SMILES string of the molecule is CON=C1OC=CC1OC(C)=O. The Labute approximate surface area is 69.6 Å². The molecular weight excluding hydrogens is 162 g/mol. The van der Waals surface area contributed by atoms with Crippen molar-refractivity contribution in [3.63, 3.8) is 0 Å². The second kappa shape index (κ2) is 3.75. The van der Waals surface area contributed by atoms with Gasteiger partial charge in [-0.1, -0.05) is 0 Å². The average Bonchev–Trinajstić information content (AvgIpc) is 2.37. The molecule has 1 unspecified atom stereocenters. The van der Waals surface area contributed by atoms with E-state index in [1.807, 2.05) is 0 Å². The first-order valence-electron chi connectivity index (χ1n) is 3.35. The Morgan fingerprint density at radius 3 is 3.08 bits per heavy atom. The summed E-state index contributed by atoms with van der Waals surface area (Å²) in [4.78, 5) is 15.0. The van der Waals surface area contributed by atoms with Gasteiger partial charge in [0.1, 0.15) is 7.11 Å². The molecular formula is C7H9NO4. The van der Waals surface area contributed by atoms with Gasteiger partial charge in [0.05, 0.1) is 6.26 Å². The van der Waals surface area contributed by atoms with Crippen LogP contribution in [-0.2, 0) is 19.1 Å². The average molecular weight is 171 g/mol. The van der Waals surface area contributed by atoms with Gasteiger partial charge in [0, 0.05) is 13.0 Å². The minimum atomic E-state index is -0.553. The maximum Gasteiger partial charge on any atom is 0.303 e. The summed E-state index contributed by atoms with van der Waals surface area (Å²) in [6.45, 7) is 1.32. The molecule has 0 amide bonds.